The van der Waals surface area contributed by atoms with Crippen molar-refractivity contribution in [2.75, 3.05) is 20.1 Å². The summed E-state index contributed by atoms with van der Waals surface area (Å²) in [6.07, 6.45) is 0.114. The Bertz CT molecular complexity index is 115. The van der Waals surface area contributed by atoms with Crippen molar-refractivity contribution in [3.63, 3.8) is 0 Å². The Balaban J connectivity index is 3.08. The summed E-state index contributed by atoms with van der Waals surface area (Å²) in [5, 5.41) is 14.3. The van der Waals surface area contributed by atoms with E-state index in [1.807, 2.05) is 0 Å². The second-order valence-electron chi connectivity index (χ2n) is 2.48. The molecule has 0 aliphatic rings. The van der Waals surface area contributed by atoms with Crippen molar-refractivity contribution < 1.29 is 9.90 Å². The molecule has 0 rings (SSSR count). The summed E-state index contributed by atoms with van der Waals surface area (Å²) < 4.78 is 0. The minimum atomic E-state index is -0.348. The largest absolute Gasteiger partial charge is 0.392 e. The van der Waals surface area contributed by atoms with Gasteiger partial charge in [0.15, 0.2) is 0 Å². The van der Waals surface area contributed by atoms with Crippen LogP contribution in [0.15, 0.2) is 0 Å². The predicted molar refractivity (Wildman–Crippen MR) is 43.2 cm³/mol. The average Bonchev–Trinajstić information content (AvgIpc) is 1.97. The molecule has 4 heteroatoms. The van der Waals surface area contributed by atoms with E-state index in [0.717, 1.165) is 0 Å². The van der Waals surface area contributed by atoms with E-state index in [1.54, 1.807) is 14.0 Å². The zero-order valence-corrected chi connectivity index (χ0v) is 7.05. The van der Waals surface area contributed by atoms with Gasteiger partial charge in [-0.15, -0.1) is 0 Å². The van der Waals surface area contributed by atoms with Crippen molar-refractivity contribution in [3.8, 4) is 0 Å². The van der Waals surface area contributed by atoms with Crippen LogP contribution in [0.3, 0.4) is 0 Å². The summed E-state index contributed by atoms with van der Waals surface area (Å²) >= 11 is 0. The van der Waals surface area contributed by atoms with Crippen LogP contribution in [0.2, 0.25) is 0 Å². The number of amides is 1. The Kier molecular flexibility index (Phi) is 5.78. The number of aliphatic hydroxyl groups is 1. The molecule has 0 saturated heterocycles. The maximum Gasteiger partial charge on any atom is 0.221 e. The highest BCUT2D eigenvalue weighted by Crippen LogP contribution is 1.78. The molecule has 0 aromatic carbocycles. The maximum atomic E-state index is 10.6. The van der Waals surface area contributed by atoms with Gasteiger partial charge in [0.1, 0.15) is 0 Å². The summed E-state index contributed by atoms with van der Waals surface area (Å²) in [6, 6.07) is 0. The van der Waals surface area contributed by atoms with Crippen LogP contribution >= 0.6 is 0 Å². The summed E-state index contributed by atoms with van der Waals surface area (Å²) in [5.41, 5.74) is 0. The third kappa shape index (κ3) is 7.29. The quantitative estimate of drug-likeness (QED) is 0.456. The van der Waals surface area contributed by atoms with Gasteiger partial charge in [-0.2, -0.15) is 0 Å². The Morgan fingerprint density at radius 3 is 2.73 bits per heavy atom. The van der Waals surface area contributed by atoms with Gasteiger partial charge in [0.05, 0.1) is 6.10 Å². The molecule has 0 fully saturated rings. The van der Waals surface area contributed by atoms with Gasteiger partial charge < -0.3 is 15.7 Å². The molecule has 0 radical (unpaired) electrons. The molecule has 0 aliphatic heterocycles. The van der Waals surface area contributed by atoms with E-state index >= 15 is 0 Å². The van der Waals surface area contributed by atoms with E-state index in [0.29, 0.717) is 19.5 Å². The highest BCUT2D eigenvalue weighted by molar-refractivity contribution is 5.75. The van der Waals surface area contributed by atoms with E-state index in [9.17, 15) is 4.79 Å². The molecule has 3 N–H and O–H groups in total. The first-order valence-corrected chi connectivity index (χ1v) is 3.76. The van der Waals surface area contributed by atoms with Gasteiger partial charge in [-0.3, -0.25) is 4.79 Å². The molecule has 0 unspecified atom stereocenters. The molecule has 0 bridgehead atoms. The van der Waals surface area contributed by atoms with Gasteiger partial charge in [0, 0.05) is 26.6 Å². The van der Waals surface area contributed by atoms with Crippen molar-refractivity contribution in [3.05, 3.63) is 0 Å². The van der Waals surface area contributed by atoms with Crippen LogP contribution in [0.4, 0.5) is 0 Å². The SMILES string of the molecule is CNC(=O)CCNC[C@@H](C)O. The minimum absolute atomic E-state index is 0.0168. The van der Waals surface area contributed by atoms with Gasteiger partial charge in [-0.25, -0.2) is 0 Å². The van der Waals surface area contributed by atoms with Crippen molar-refractivity contribution in [1.82, 2.24) is 10.6 Å². The van der Waals surface area contributed by atoms with Gasteiger partial charge >= 0.3 is 0 Å². The first-order chi connectivity index (χ1) is 5.16. The van der Waals surface area contributed by atoms with Crippen molar-refractivity contribution in [2.24, 2.45) is 0 Å². The Hall–Kier alpha value is -0.610. The van der Waals surface area contributed by atoms with Crippen LogP contribution in [0.1, 0.15) is 13.3 Å². The van der Waals surface area contributed by atoms with Gasteiger partial charge in [0.25, 0.3) is 0 Å². The number of rotatable bonds is 5. The lowest BCUT2D eigenvalue weighted by Gasteiger charge is -2.05. The number of hydrogen-bond acceptors (Lipinski definition) is 3. The van der Waals surface area contributed by atoms with E-state index < -0.39 is 0 Å². The number of nitrogens with one attached hydrogen (secondary N) is 2. The molecule has 0 spiro atoms. The standard InChI is InChI=1S/C7H16N2O2/c1-6(10)5-9-4-3-7(11)8-2/h6,9-10H,3-5H2,1-2H3,(H,8,11)/t6-/m1/s1. The minimum Gasteiger partial charge on any atom is -0.392 e. The van der Waals surface area contributed by atoms with Gasteiger partial charge in [-0.1, -0.05) is 0 Å². The lowest BCUT2D eigenvalue weighted by Crippen LogP contribution is -2.29. The normalized spacial score (nSPS) is 12.6. The summed E-state index contributed by atoms with van der Waals surface area (Å²) in [6.45, 7) is 2.86. The highest BCUT2D eigenvalue weighted by Gasteiger charge is 1.97. The van der Waals surface area contributed by atoms with E-state index in [4.69, 9.17) is 5.11 Å². The van der Waals surface area contributed by atoms with Crippen molar-refractivity contribution >= 4 is 5.91 Å². The summed E-state index contributed by atoms with van der Waals surface area (Å²) in [4.78, 5) is 10.6. The van der Waals surface area contributed by atoms with Crippen molar-refractivity contribution in [1.29, 1.82) is 0 Å². The number of carbonyl (C=O) groups excluding carboxylic acids is 1. The molecule has 0 heterocycles. The molecule has 0 aromatic rings. The topological polar surface area (TPSA) is 61.4 Å². The van der Waals surface area contributed by atoms with Crippen LogP contribution in [0.25, 0.3) is 0 Å². The highest BCUT2D eigenvalue weighted by atomic mass is 16.3. The number of hydrogen-bond donors (Lipinski definition) is 3. The second kappa shape index (κ2) is 6.12. The number of aliphatic hydroxyl groups excluding tert-OH is 1. The molecule has 1 atom stereocenters. The molecule has 4 nitrogen and oxygen atoms in total. The lowest BCUT2D eigenvalue weighted by atomic mass is 10.3. The third-order valence-electron chi connectivity index (χ3n) is 1.25. The molecular weight excluding hydrogens is 144 g/mol. The smallest absolute Gasteiger partial charge is 0.221 e. The van der Waals surface area contributed by atoms with Gasteiger partial charge in [-0.05, 0) is 6.92 Å². The molecule has 66 valence electrons. The summed E-state index contributed by atoms with van der Waals surface area (Å²) in [5.74, 6) is 0.0168. The zero-order valence-electron chi connectivity index (χ0n) is 7.05. The van der Waals surface area contributed by atoms with Crippen LogP contribution < -0.4 is 10.6 Å². The Labute approximate surface area is 67.0 Å². The monoisotopic (exact) mass is 160 g/mol. The molecule has 0 aliphatic carbocycles. The maximum absolute atomic E-state index is 10.6. The Morgan fingerprint density at radius 2 is 2.27 bits per heavy atom. The van der Waals surface area contributed by atoms with Crippen LogP contribution in [0, 0.1) is 0 Å². The lowest BCUT2D eigenvalue weighted by molar-refractivity contribution is -0.120. The van der Waals surface area contributed by atoms with Crippen LogP contribution in [-0.4, -0.2) is 37.3 Å². The molecule has 0 saturated carbocycles. The van der Waals surface area contributed by atoms with E-state index in [-0.39, 0.29) is 12.0 Å². The second-order valence-corrected chi connectivity index (χ2v) is 2.48. The first kappa shape index (κ1) is 10.4. The molecule has 0 aromatic heterocycles. The number of carbonyl (C=O) groups is 1. The fourth-order valence-electron chi connectivity index (χ4n) is 0.638. The van der Waals surface area contributed by atoms with E-state index in [1.165, 1.54) is 0 Å². The first-order valence-electron chi connectivity index (χ1n) is 3.76. The van der Waals surface area contributed by atoms with E-state index in [2.05, 4.69) is 10.6 Å². The third-order valence-corrected chi connectivity index (χ3v) is 1.25. The van der Waals surface area contributed by atoms with Gasteiger partial charge in [0.2, 0.25) is 5.91 Å². The van der Waals surface area contributed by atoms with Crippen LogP contribution in [0.5, 0.6) is 0 Å². The molecule has 1 amide bonds. The molecule has 11 heavy (non-hydrogen) atoms. The van der Waals surface area contributed by atoms with Crippen molar-refractivity contribution in [2.45, 2.75) is 19.4 Å². The van der Waals surface area contributed by atoms with Crippen LogP contribution in [-0.2, 0) is 4.79 Å². The average molecular weight is 160 g/mol. The summed E-state index contributed by atoms with van der Waals surface area (Å²) in [7, 11) is 1.61. The zero-order chi connectivity index (χ0) is 8.69. The fraction of sp³-hybridized carbons (Fsp3) is 0.857. The fourth-order valence-corrected chi connectivity index (χ4v) is 0.638. The molecular formula is C7H16N2O2. The predicted octanol–water partition coefficient (Wildman–Crippen LogP) is -0.907. The Morgan fingerprint density at radius 1 is 1.64 bits per heavy atom.